The minimum absolute atomic E-state index is 0.0770. The number of aromatic nitrogens is 1. The average molecular weight is 383 g/mol. The number of methoxy groups -OCH3 is 2. The van der Waals surface area contributed by atoms with E-state index in [9.17, 15) is 4.79 Å². The van der Waals surface area contributed by atoms with Crippen molar-refractivity contribution in [3.8, 4) is 5.75 Å². The second-order valence-electron chi connectivity index (χ2n) is 7.03. The first-order chi connectivity index (χ1) is 13.7. The fourth-order valence-corrected chi connectivity index (χ4v) is 3.42. The molecule has 0 saturated carbocycles. The van der Waals surface area contributed by atoms with Gasteiger partial charge in [-0.1, -0.05) is 12.1 Å². The maximum atomic E-state index is 12.3. The molecule has 2 aromatic rings. The smallest absolute Gasteiger partial charge is 0.252 e. The van der Waals surface area contributed by atoms with Gasteiger partial charge < -0.3 is 19.7 Å². The van der Waals surface area contributed by atoms with Gasteiger partial charge in [0, 0.05) is 32.9 Å². The molecule has 1 aromatic heterocycles. The summed E-state index contributed by atoms with van der Waals surface area (Å²) in [6, 6.07) is 11.8. The molecule has 0 atom stereocenters. The Bertz CT molecular complexity index is 739. The van der Waals surface area contributed by atoms with E-state index in [1.807, 2.05) is 24.3 Å². The molecule has 6 nitrogen and oxygen atoms in total. The molecule has 0 aliphatic carbocycles. The second-order valence-corrected chi connectivity index (χ2v) is 7.03. The van der Waals surface area contributed by atoms with E-state index in [1.54, 1.807) is 20.4 Å². The van der Waals surface area contributed by atoms with Gasteiger partial charge in [-0.3, -0.25) is 4.79 Å². The highest BCUT2D eigenvalue weighted by Crippen LogP contribution is 2.19. The zero-order valence-electron chi connectivity index (χ0n) is 16.7. The quantitative estimate of drug-likeness (QED) is 0.710. The topological polar surface area (TPSA) is 63.7 Å². The average Bonchev–Trinajstić information content (AvgIpc) is 2.77. The van der Waals surface area contributed by atoms with Crippen LogP contribution in [0.5, 0.6) is 5.75 Å². The van der Waals surface area contributed by atoms with Crippen LogP contribution < -0.4 is 15.0 Å². The molecule has 1 aromatic carbocycles. The van der Waals surface area contributed by atoms with Gasteiger partial charge >= 0.3 is 0 Å². The lowest BCUT2D eigenvalue weighted by Crippen LogP contribution is -2.37. The van der Waals surface area contributed by atoms with Crippen molar-refractivity contribution in [2.24, 2.45) is 0 Å². The molecule has 0 spiro atoms. The molecule has 1 amide bonds. The van der Waals surface area contributed by atoms with E-state index in [1.165, 1.54) is 5.56 Å². The maximum Gasteiger partial charge on any atom is 0.252 e. The van der Waals surface area contributed by atoms with E-state index in [4.69, 9.17) is 9.47 Å². The highest BCUT2D eigenvalue weighted by Gasteiger charge is 2.19. The number of hydrogen-bond donors (Lipinski definition) is 1. The number of benzene rings is 1. The van der Waals surface area contributed by atoms with Crippen LogP contribution >= 0.6 is 0 Å². The fourth-order valence-electron chi connectivity index (χ4n) is 3.42. The number of amides is 1. The lowest BCUT2D eigenvalue weighted by atomic mass is 10.1. The summed E-state index contributed by atoms with van der Waals surface area (Å²) in [5.41, 5.74) is 1.83. The van der Waals surface area contributed by atoms with Gasteiger partial charge in [-0.15, -0.1) is 0 Å². The molecule has 28 heavy (non-hydrogen) atoms. The molecule has 150 valence electrons. The SMILES string of the molecule is COc1ccc(CCCNC(=O)c2ccc(N3CCC(OC)CC3)nc2)cc1. The number of nitrogens with one attached hydrogen (secondary N) is 1. The number of nitrogens with zero attached hydrogens (tertiary/aromatic N) is 2. The number of ether oxygens (including phenoxy) is 2. The van der Waals surface area contributed by atoms with Crippen LogP contribution in [-0.2, 0) is 11.2 Å². The monoisotopic (exact) mass is 383 g/mol. The van der Waals surface area contributed by atoms with E-state index in [0.717, 1.165) is 50.3 Å². The Labute approximate surface area is 166 Å². The van der Waals surface area contributed by atoms with Crippen LogP contribution in [0.1, 0.15) is 35.2 Å². The molecule has 1 aliphatic rings. The van der Waals surface area contributed by atoms with Crippen molar-refractivity contribution in [3.63, 3.8) is 0 Å². The van der Waals surface area contributed by atoms with E-state index in [-0.39, 0.29) is 5.91 Å². The highest BCUT2D eigenvalue weighted by atomic mass is 16.5. The Hall–Kier alpha value is -2.60. The van der Waals surface area contributed by atoms with Gasteiger partial charge in [0.25, 0.3) is 5.91 Å². The van der Waals surface area contributed by atoms with Crippen molar-refractivity contribution in [1.82, 2.24) is 10.3 Å². The van der Waals surface area contributed by atoms with Gasteiger partial charge in [-0.05, 0) is 55.5 Å². The van der Waals surface area contributed by atoms with Gasteiger partial charge in [0.15, 0.2) is 0 Å². The molecular weight excluding hydrogens is 354 g/mol. The van der Waals surface area contributed by atoms with Gasteiger partial charge in [-0.2, -0.15) is 0 Å². The number of pyridine rings is 1. The van der Waals surface area contributed by atoms with Crippen LogP contribution in [0.15, 0.2) is 42.6 Å². The standard InChI is InChI=1S/C22H29N3O3/c1-27-19-8-5-17(6-9-19)4-3-13-23-22(26)18-7-10-21(24-16-18)25-14-11-20(28-2)12-15-25/h5-10,16,20H,3-4,11-15H2,1-2H3,(H,23,26). The first kappa shape index (κ1) is 20.1. The van der Waals surface area contributed by atoms with Crippen LogP contribution in [0, 0.1) is 0 Å². The van der Waals surface area contributed by atoms with Crippen molar-refractivity contribution < 1.29 is 14.3 Å². The normalized spacial score (nSPS) is 14.7. The number of carbonyl (C=O) groups excluding carboxylic acids is 1. The molecule has 2 heterocycles. The summed E-state index contributed by atoms with van der Waals surface area (Å²) < 4.78 is 10.6. The van der Waals surface area contributed by atoms with Crippen LogP contribution in [0.3, 0.4) is 0 Å². The molecule has 0 unspecified atom stereocenters. The van der Waals surface area contributed by atoms with Gasteiger partial charge in [-0.25, -0.2) is 4.98 Å². The largest absolute Gasteiger partial charge is 0.497 e. The fraction of sp³-hybridized carbons (Fsp3) is 0.455. The third kappa shape index (κ3) is 5.45. The summed E-state index contributed by atoms with van der Waals surface area (Å²) in [5, 5.41) is 2.97. The lowest BCUT2D eigenvalue weighted by molar-refractivity contribution is 0.0818. The predicted octanol–water partition coefficient (Wildman–Crippen LogP) is 3.07. The Morgan fingerprint density at radius 2 is 1.89 bits per heavy atom. The van der Waals surface area contributed by atoms with Crippen LogP contribution in [0.2, 0.25) is 0 Å². The second kappa shape index (κ2) is 10.1. The Kier molecular flexibility index (Phi) is 7.25. The van der Waals surface area contributed by atoms with Crippen molar-refractivity contribution in [1.29, 1.82) is 0 Å². The molecule has 0 bridgehead atoms. The summed E-state index contributed by atoms with van der Waals surface area (Å²) in [5.74, 6) is 1.70. The number of hydrogen-bond acceptors (Lipinski definition) is 5. The summed E-state index contributed by atoms with van der Waals surface area (Å²) in [6.07, 6.45) is 5.83. The predicted molar refractivity (Wildman–Crippen MR) is 110 cm³/mol. The summed E-state index contributed by atoms with van der Waals surface area (Å²) >= 11 is 0. The van der Waals surface area contributed by atoms with E-state index in [2.05, 4.69) is 27.3 Å². The zero-order chi connectivity index (χ0) is 19.8. The van der Waals surface area contributed by atoms with Gasteiger partial charge in [0.05, 0.1) is 18.8 Å². The summed E-state index contributed by atoms with van der Waals surface area (Å²) in [7, 11) is 3.43. The van der Waals surface area contributed by atoms with E-state index < -0.39 is 0 Å². The van der Waals surface area contributed by atoms with Crippen LogP contribution in [-0.4, -0.2) is 50.8 Å². The highest BCUT2D eigenvalue weighted by molar-refractivity contribution is 5.94. The minimum Gasteiger partial charge on any atom is -0.497 e. The number of carbonyl (C=O) groups is 1. The Morgan fingerprint density at radius 3 is 2.50 bits per heavy atom. The first-order valence-corrected chi connectivity index (χ1v) is 9.84. The van der Waals surface area contributed by atoms with Crippen molar-refractivity contribution in [3.05, 3.63) is 53.7 Å². The number of anilines is 1. The Balaban J connectivity index is 1.41. The van der Waals surface area contributed by atoms with Crippen LogP contribution in [0.25, 0.3) is 0 Å². The third-order valence-corrected chi connectivity index (χ3v) is 5.20. The van der Waals surface area contributed by atoms with E-state index >= 15 is 0 Å². The molecule has 6 heteroatoms. The summed E-state index contributed by atoms with van der Waals surface area (Å²) in [6.45, 7) is 2.50. The molecule has 1 fully saturated rings. The third-order valence-electron chi connectivity index (χ3n) is 5.20. The van der Waals surface area contributed by atoms with Crippen molar-refractivity contribution in [2.45, 2.75) is 31.8 Å². The Morgan fingerprint density at radius 1 is 1.14 bits per heavy atom. The van der Waals surface area contributed by atoms with E-state index in [0.29, 0.717) is 18.2 Å². The van der Waals surface area contributed by atoms with Gasteiger partial charge in [0.2, 0.25) is 0 Å². The first-order valence-electron chi connectivity index (χ1n) is 9.84. The zero-order valence-corrected chi connectivity index (χ0v) is 16.7. The molecule has 3 rings (SSSR count). The van der Waals surface area contributed by atoms with Crippen molar-refractivity contribution >= 4 is 11.7 Å². The minimum atomic E-state index is -0.0770. The number of rotatable bonds is 8. The molecule has 1 aliphatic heterocycles. The molecule has 1 N–H and O–H groups in total. The molecular formula is C22H29N3O3. The van der Waals surface area contributed by atoms with Crippen LogP contribution in [0.4, 0.5) is 5.82 Å². The van der Waals surface area contributed by atoms with Crippen molar-refractivity contribution in [2.75, 3.05) is 38.8 Å². The molecule has 1 saturated heterocycles. The lowest BCUT2D eigenvalue weighted by Gasteiger charge is -2.32. The molecule has 0 radical (unpaired) electrons. The maximum absolute atomic E-state index is 12.3. The summed E-state index contributed by atoms with van der Waals surface area (Å²) in [4.78, 5) is 19.0. The number of aryl methyl sites for hydroxylation is 1. The van der Waals surface area contributed by atoms with Gasteiger partial charge in [0.1, 0.15) is 11.6 Å². The number of piperidine rings is 1.